The summed E-state index contributed by atoms with van der Waals surface area (Å²) in [6.07, 6.45) is 7.98. The quantitative estimate of drug-likeness (QED) is 0.748. The number of amides is 1. The first-order valence-electron chi connectivity index (χ1n) is 10.9. The largest absolute Gasteiger partial charge is 0.507 e. The molecule has 4 aliphatic rings. The van der Waals surface area contributed by atoms with Crippen LogP contribution in [0.25, 0.3) is 0 Å². The Balaban J connectivity index is 1.65. The molecule has 0 spiro atoms. The molecule has 1 aromatic rings. The SMILES string of the molecule is C[C@@]12CC[C@@H](O)C[C@@]13CCN(CC1CCC1)[C@@H]2Cc1ccc(C(N)=O)c(O)c13. The van der Waals surface area contributed by atoms with E-state index in [1.165, 1.54) is 25.8 Å². The van der Waals surface area contributed by atoms with Gasteiger partial charge in [0.05, 0.1) is 11.7 Å². The number of rotatable bonds is 3. The average Bonchev–Trinajstić information content (AvgIpc) is 2.59. The molecule has 3 fully saturated rings. The summed E-state index contributed by atoms with van der Waals surface area (Å²) in [7, 11) is 0. The second-order valence-electron chi connectivity index (χ2n) is 10.0. The maximum Gasteiger partial charge on any atom is 0.252 e. The molecular weight excluding hydrogens is 352 g/mol. The minimum Gasteiger partial charge on any atom is -0.507 e. The Labute approximate surface area is 166 Å². The molecule has 3 aliphatic carbocycles. The molecule has 0 radical (unpaired) electrons. The third-order valence-electron chi connectivity index (χ3n) is 8.82. The standard InChI is InChI=1S/C23H32N2O3/c1-22-8-7-16(26)12-23(22)9-10-25(13-14-3-2-4-14)18(22)11-15-5-6-17(21(24)28)20(27)19(15)23/h5-6,14,16,18,26-27H,2-4,7-13H2,1H3,(H2,24,28)/t16-,18-,22+,23-/m1/s1. The fourth-order valence-corrected chi connectivity index (χ4v) is 7.05. The number of phenols is 1. The van der Waals surface area contributed by atoms with Gasteiger partial charge in [-0.1, -0.05) is 19.4 Å². The smallest absolute Gasteiger partial charge is 0.252 e. The van der Waals surface area contributed by atoms with Gasteiger partial charge in [0.25, 0.3) is 5.91 Å². The van der Waals surface area contributed by atoms with Gasteiger partial charge >= 0.3 is 0 Å². The number of aliphatic hydroxyl groups excluding tert-OH is 1. The Morgan fingerprint density at radius 3 is 2.75 bits per heavy atom. The lowest BCUT2D eigenvalue weighted by molar-refractivity contribution is -0.116. The number of aromatic hydroxyl groups is 1. The van der Waals surface area contributed by atoms with E-state index in [1.54, 1.807) is 6.07 Å². The molecule has 2 bridgehead atoms. The van der Waals surface area contributed by atoms with Gasteiger partial charge in [-0.15, -0.1) is 0 Å². The van der Waals surface area contributed by atoms with Crippen LogP contribution in [-0.2, 0) is 11.8 Å². The number of nitrogens with zero attached hydrogens (tertiary/aromatic N) is 1. The van der Waals surface area contributed by atoms with E-state index in [9.17, 15) is 15.0 Å². The van der Waals surface area contributed by atoms with Gasteiger partial charge in [-0.25, -0.2) is 0 Å². The molecule has 1 amide bonds. The molecule has 5 heteroatoms. The maximum atomic E-state index is 11.9. The second-order valence-corrected chi connectivity index (χ2v) is 10.0. The van der Waals surface area contributed by atoms with Gasteiger partial charge in [-0.2, -0.15) is 0 Å². The summed E-state index contributed by atoms with van der Waals surface area (Å²) in [6, 6.07) is 4.11. The average molecular weight is 385 g/mol. The molecular formula is C23H32N2O3. The van der Waals surface area contributed by atoms with Crippen molar-refractivity contribution in [3.05, 3.63) is 28.8 Å². The zero-order valence-electron chi connectivity index (χ0n) is 16.8. The number of carbonyl (C=O) groups excluding carboxylic acids is 1. The summed E-state index contributed by atoms with van der Waals surface area (Å²) < 4.78 is 0. The fraction of sp³-hybridized carbons (Fsp3) is 0.696. The van der Waals surface area contributed by atoms with E-state index in [-0.39, 0.29) is 28.2 Å². The monoisotopic (exact) mass is 384 g/mol. The molecule has 4 N–H and O–H groups in total. The highest BCUT2D eigenvalue weighted by molar-refractivity contribution is 5.96. The Hall–Kier alpha value is -1.59. The third kappa shape index (κ3) is 2.35. The minimum atomic E-state index is -0.584. The van der Waals surface area contributed by atoms with Crippen molar-refractivity contribution >= 4 is 5.91 Å². The number of aliphatic hydroxyl groups is 1. The van der Waals surface area contributed by atoms with Crippen molar-refractivity contribution in [2.75, 3.05) is 13.1 Å². The van der Waals surface area contributed by atoms with E-state index in [0.717, 1.165) is 49.3 Å². The number of benzene rings is 1. The number of fused-ring (bicyclic) bond motifs is 1. The van der Waals surface area contributed by atoms with E-state index >= 15 is 0 Å². The lowest BCUT2D eigenvalue weighted by Gasteiger charge is -2.66. The van der Waals surface area contributed by atoms with Crippen LogP contribution < -0.4 is 5.73 Å². The van der Waals surface area contributed by atoms with Crippen molar-refractivity contribution in [3.8, 4) is 5.75 Å². The highest BCUT2D eigenvalue weighted by Crippen LogP contribution is 2.64. The molecule has 1 aliphatic heterocycles. The van der Waals surface area contributed by atoms with Crippen LogP contribution in [0, 0.1) is 11.3 Å². The number of likely N-dealkylation sites (tertiary alicyclic amines) is 1. The Morgan fingerprint density at radius 1 is 1.29 bits per heavy atom. The molecule has 5 nitrogen and oxygen atoms in total. The molecule has 1 aromatic carbocycles. The van der Waals surface area contributed by atoms with E-state index in [4.69, 9.17) is 5.73 Å². The minimum absolute atomic E-state index is 0.00498. The number of hydrogen-bond acceptors (Lipinski definition) is 4. The summed E-state index contributed by atoms with van der Waals surface area (Å²) in [5.41, 5.74) is 7.51. The van der Waals surface area contributed by atoms with Crippen LogP contribution >= 0.6 is 0 Å². The van der Waals surface area contributed by atoms with Crippen molar-refractivity contribution in [2.45, 2.75) is 75.9 Å². The van der Waals surface area contributed by atoms with Crippen molar-refractivity contribution in [1.29, 1.82) is 0 Å². The molecule has 1 heterocycles. The van der Waals surface area contributed by atoms with Gasteiger partial charge in [-0.05, 0) is 74.5 Å². The van der Waals surface area contributed by atoms with Crippen molar-refractivity contribution in [1.82, 2.24) is 4.90 Å². The maximum absolute atomic E-state index is 11.9. The van der Waals surface area contributed by atoms with Crippen LogP contribution in [0.4, 0.5) is 0 Å². The van der Waals surface area contributed by atoms with Crippen molar-refractivity contribution in [2.24, 2.45) is 17.1 Å². The van der Waals surface area contributed by atoms with Crippen LogP contribution in [0.3, 0.4) is 0 Å². The predicted molar refractivity (Wildman–Crippen MR) is 107 cm³/mol. The van der Waals surface area contributed by atoms with Crippen LogP contribution in [-0.4, -0.2) is 46.3 Å². The topological polar surface area (TPSA) is 86.8 Å². The van der Waals surface area contributed by atoms with Gasteiger partial charge < -0.3 is 15.9 Å². The van der Waals surface area contributed by atoms with Gasteiger partial charge in [0.15, 0.2) is 0 Å². The summed E-state index contributed by atoms with van der Waals surface area (Å²) >= 11 is 0. The highest BCUT2D eigenvalue weighted by Gasteiger charge is 2.63. The molecule has 0 unspecified atom stereocenters. The van der Waals surface area contributed by atoms with Gasteiger partial charge in [0.1, 0.15) is 5.75 Å². The Bertz CT molecular complexity index is 820. The number of carbonyl (C=O) groups is 1. The first kappa shape index (κ1) is 18.4. The fourth-order valence-electron chi connectivity index (χ4n) is 7.05. The summed E-state index contributed by atoms with van der Waals surface area (Å²) in [5, 5.41) is 21.7. The highest BCUT2D eigenvalue weighted by atomic mass is 16.3. The van der Waals surface area contributed by atoms with E-state index in [2.05, 4.69) is 11.8 Å². The van der Waals surface area contributed by atoms with Gasteiger partial charge in [-0.3, -0.25) is 9.69 Å². The molecule has 2 saturated carbocycles. The van der Waals surface area contributed by atoms with Crippen LogP contribution in [0.15, 0.2) is 12.1 Å². The Morgan fingerprint density at radius 2 is 2.07 bits per heavy atom. The van der Waals surface area contributed by atoms with E-state index in [1.807, 2.05) is 6.07 Å². The van der Waals surface area contributed by atoms with E-state index in [0.29, 0.717) is 12.5 Å². The molecule has 152 valence electrons. The molecule has 5 rings (SSSR count). The third-order valence-corrected chi connectivity index (χ3v) is 8.82. The van der Waals surface area contributed by atoms with Crippen molar-refractivity contribution < 1.29 is 15.0 Å². The Kier molecular flexibility index (Phi) is 4.08. The summed E-state index contributed by atoms with van der Waals surface area (Å²) in [6.45, 7) is 4.55. The first-order valence-corrected chi connectivity index (χ1v) is 10.9. The number of hydrogen-bond donors (Lipinski definition) is 3. The molecule has 0 aromatic heterocycles. The second kappa shape index (κ2) is 6.20. The van der Waals surface area contributed by atoms with Crippen molar-refractivity contribution in [3.63, 3.8) is 0 Å². The van der Waals surface area contributed by atoms with Crippen LogP contribution in [0.1, 0.15) is 73.4 Å². The van der Waals surface area contributed by atoms with Crippen LogP contribution in [0.5, 0.6) is 5.75 Å². The lowest BCUT2D eigenvalue weighted by atomic mass is 9.44. The van der Waals surface area contributed by atoms with Crippen LogP contribution in [0.2, 0.25) is 0 Å². The number of piperidine rings is 1. The summed E-state index contributed by atoms with van der Waals surface area (Å²) in [5.74, 6) is 0.313. The molecule has 1 saturated heterocycles. The normalized spacial score (nSPS) is 37.6. The van der Waals surface area contributed by atoms with Gasteiger partial charge in [0.2, 0.25) is 0 Å². The predicted octanol–water partition coefficient (Wildman–Crippen LogP) is 2.71. The molecule has 28 heavy (non-hydrogen) atoms. The molecule has 4 atom stereocenters. The zero-order chi connectivity index (χ0) is 19.7. The summed E-state index contributed by atoms with van der Waals surface area (Å²) in [4.78, 5) is 14.6. The number of nitrogens with two attached hydrogens (primary N) is 1. The zero-order valence-corrected chi connectivity index (χ0v) is 16.8. The first-order chi connectivity index (χ1) is 13.4. The lowest BCUT2D eigenvalue weighted by Crippen LogP contribution is -2.68. The van der Waals surface area contributed by atoms with Gasteiger partial charge in [0, 0.05) is 23.6 Å². The van der Waals surface area contributed by atoms with E-state index < -0.39 is 5.91 Å². The number of primary amides is 1.